The Morgan fingerprint density at radius 2 is 2.04 bits per heavy atom. The van der Waals surface area contributed by atoms with Crippen molar-refractivity contribution >= 4 is 22.6 Å². The lowest BCUT2D eigenvalue weighted by atomic mass is 10.2. The Balaban J connectivity index is 1.64. The highest BCUT2D eigenvalue weighted by atomic mass is 16.6. The van der Waals surface area contributed by atoms with Gasteiger partial charge in [0.25, 0.3) is 5.91 Å². The first kappa shape index (κ1) is 13.6. The molecular formula is C17H15N3O3. The fourth-order valence-electron chi connectivity index (χ4n) is 2.71. The van der Waals surface area contributed by atoms with Crippen molar-refractivity contribution in [3.05, 3.63) is 48.3 Å². The summed E-state index contributed by atoms with van der Waals surface area (Å²) in [7, 11) is 1.87. The number of aromatic nitrogens is 2. The molecule has 6 nitrogen and oxygen atoms in total. The summed E-state index contributed by atoms with van der Waals surface area (Å²) in [6, 6.07) is 9.09. The van der Waals surface area contributed by atoms with Crippen molar-refractivity contribution in [1.82, 2.24) is 9.55 Å². The Labute approximate surface area is 132 Å². The standard InChI is InChI=1S/C17H15N3O3/c1-20-10-13(12-3-2-6-18-16(12)20)17(21)19-11-4-5-14-15(9-11)23-8-7-22-14/h2-6,9-10H,7-8H2,1H3,(H,19,21). The molecule has 6 heteroatoms. The lowest BCUT2D eigenvalue weighted by molar-refractivity contribution is 0.102. The van der Waals surface area contributed by atoms with Gasteiger partial charge in [0.2, 0.25) is 0 Å². The number of benzene rings is 1. The van der Waals surface area contributed by atoms with Gasteiger partial charge in [-0.05, 0) is 24.3 Å². The van der Waals surface area contributed by atoms with E-state index in [4.69, 9.17) is 9.47 Å². The van der Waals surface area contributed by atoms with Gasteiger partial charge in [-0.25, -0.2) is 4.98 Å². The van der Waals surface area contributed by atoms with Gasteiger partial charge in [0.1, 0.15) is 18.9 Å². The van der Waals surface area contributed by atoms with Gasteiger partial charge in [-0.2, -0.15) is 0 Å². The van der Waals surface area contributed by atoms with E-state index in [1.165, 1.54) is 0 Å². The molecule has 0 bridgehead atoms. The predicted octanol–water partition coefficient (Wildman–Crippen LogP) is 2.60. The lowest BCUT2D eigenvalue weighted by Crippen LogP contribution is -2.16. The molecule has 0 saturated heterocycles. The van der Waals surface area contributed by atoms with Gasteiger partial charge in [-0.3, -0.25) is 4.79 Å². The fourth-order valence-corrected chi connectivity index (χ4v) is 2.71. The number of ether oxygens (including phenoxy) is 2. The van der Waals surface area contributed by atoms with Gasteiger partial charge in [0, 0.05) is 36.6 Å². The predicted molar refractivity (Wildman–Crippen MR) is 86.1 cm³/mol. The SMILES string of the molecule is Cn1cc(C(=O)Nc2ccc3c(c2)OCCO3)c2cccnc21. The molecule has 4 rings (SSSR count). The monoisotopic (exact) mass is 309 g/mol. The minimum atomic E-state index is -0.180. The zero-order valence-corrected chi connectivity index (χ0v) is 12.6. The summed E-state index contributed by atoms with van der Waals surface area (Å²) >= 11 is 0. The number of aryl methyl sites for hydroxylation is 1. The van der Waals surface area contributed by atoms with E-state index in [9.17, 15) is 4.79 Å². The van der Waals surface area contributed by atoms with Crippen LogP contribution in [-0.2, 0) is 7.05 Å². The van der Waals surface area contributed by atoms with Crippen LogP contribution in [0.4, 0.5) is 5.69 Å². The van der Waals surface area contributed by atoms with Crippen LogP contribution >= 0.6 is 0 Å². The summed E-state index contributed by atoms with van der Waals surface area (Å²) in [5, 5.41) is 3.72. The highest BCUT2D eigenvalue weighted by Crippen LogP contribution is 2.33. The smallest absolute Gasteiger partial charge is 0.257 e. The molecule has 3 aromatic rings. The molecule has 3 heterocycles. The highest BCUT2D eigenvalue weighted by molar-refractivity contribution is 6.12. The van der Waals surface area contributed by atoms with Crippen LogP contribution < -0.4 is 14.8 Å². The fraction of sp³-hybridized carbons (Fsp3) is 0.176. The average Bonchev–Trinajstić information content (AvgIpc) is 2.92. The molecule has 116 valence electrons. The second-order valence-electron chi connectivity index (χ2n) is 5.34. The summed E-state index contributed by atoms with van der Waals surface area (Å²) in [5.74, 6) is 1.16. The Hall–Kier alpha value is -3.02. The Bertz CT molecular complexity index is 901. The average molecular weight is 309 g/mol. The largest absolute Gasteiger partial charge is 0.486 e. The van der Waals surface area contributed by atoms with Gasteiger partial charge >= 0.3 is 0 Å². The number of pyridine rings is 1. The van der Waals surface area contributed by atoms with Gasteiger partial charge in [-0.1, -0.05) is 0 Å². The van der Waals surface area contributed by atoms with E-state index in [-0.39, 0.29) is 5.91 Å². The Morgan fingerprint density at radius 3 is 2.91 bits per heavy atom. The normalized spacial score (nSPS) is 13.1. The van der Waals surface area contributed by atoms with E-state index < -0.39 is 0 Å². The van der Waals surface area contributed by atoms with E-state index in [1.54, 1.807) is 30.6 Å². The van der Waals surface area contributed by atoms with Crippen molar-refractivity contribution in [2.24, 2.45) is 7.05 Å². The number of nitrogens with zero attached hydrogens (tertiary/aromatic N) is 2. The number of hydrogen-bond acceptors (Lipinski definition) is 4. The highest BCUT2D eigenvalue weighted by Gasteiger charge is 2.16. The topological polar surface area (TPSA) is 65.4 Å². The number of hydrogen-bond donors (Lipinski definition) is 1. The van der Waals surface area contributed by atoms with Crippen molar-refractivity contribution in [3.8, 4) is 11.5 Å². The minimum absolute atomic E-state index is 0.180. The molecule has 0 atom stereocenters. The van der Waals surface area contributed by atoms with Crippen LogP contribution in [0.25, 0.3) is 11.0 Å². The van der Waals surface area contributed by atoms with E-state index >= 15 is 0 Å². The first-order valence-electron chi connectivity index (χ1n) is 7.33. The molecule has 1 N–H and O–H groups in total. The van der Waals surface area contributed by atoms with Crippen LogP contribution in [0.2, 0.25) is 0 Å². The number of fused-ring (bicyclic) bond motifs is 2. The van der Waals surface area contributed by atoms with Crippen LogP contribution in [0.15, 0.2) is 42.7 Å². The summed E-state index contributed by atoms with van der Waals surface area (Å²) in [5.41, 5.74) is 2.03. The van der Waals surface area contributed by atoms with Gasteiger partial charge in [-0.15, -0.1) is 0 Å². The van der Waals surface area contributed by atoms with Gasteiger partial charge in [0.15, 0.2) is 11.5 Å². The van der Waals surface area contributed by atoms with Crippen molar-refractivity contribution < 1.29 is 14.3 Å². The van der Waals surface area contributed by atoms with Crippen molar-refractivity contribution in [2.45, 2.75) is 0 Å². The molecule has 1 aromatic carbocycles. The van der Waals surface area contributed by atoms with E-state index in [2.05, 4.69) is 10.3 Å². The second kappa shape index (κ2) is 5.31. The minimum Gasteiger partial charge on any atom is -0.486 e. The van der Waals surface area contributed by atoms with Crippen molar-refractivity contribution in [2.75, 3.05) is 18.5 Å². The number of nitrogens with one attached hydrogen (secondary N) is 1. The van der Waals surface area contributed by atoms with E-state index in [1.807, 2.05) is 23.7 Å². The van der Waals surface area contributed by atoms with Gasteiger partial charge in [0.05, 0.1) is 5.56 Å². The Kier molecular flexibility index (Phi) is 3.15. The summed E-state index contributed by atoms with van der Waals surface area (Å²) in [4.78, 5) is 16.9. The molecule has 0 saturated carbocycles. The second-order valence-corrected chi connectivity index (χ2v) is 5.34. The van der Waals surface area contributed by atoms with E-state index in [0.29, 0.717) is 36.0 Å². The zero-order valence-electron chi connectivity index (χ0n) is 12.6. The molecule has 1 amide bonds. The molecule has 0 fully saturated rings. The molecule has 0 unspecified atom stereocenters. The first-order valence-corrected chi connectivity index (χ1v) is 7.33. The van der Waals surface area contributed by atoms with Crippen LogP contribution in [0.5, 0.6) is 11.5 Å². The molecule has 2 aromatic heterocycles. The molecule has 0 spiro atoms. The summed E-state index contributed by atoms with van der Waals surface area (Å²) in [6.07, 6.45) is 3.50. The molecule has 0 radical (unpaired) electrons. The number of carbonyl (C=O) groups is 1. The summed E-state index contributed by atoms with van der Waals surface area (Å²) in [6.45, 7) is 1.06. The van der Waals surface area contributed by atoms with Crippen LogP contribution in [0.1, 0.15) is 10.4 Å². The number of anilines is 1. The van der Waals surface area contributed by atoms with Crippen LogP contribution in [0, 0.1) is 0 Å². The third-order valence-corrected chi connectivity index (χ3v) is 3.78. The lowest BCUT2D eigenvalue weighted by Gasteiger charge is -2.18. The third-order valence-electron chi connectivity index (χ3n) is 3.78. The van der Waals surface area contributed by atoms with Crippen LogP contribution in [-0.4, -0.2) is 28.7 Å². The third kappa shape index (κ3) is 2.38. The Morgan fingerprint density at radius 1 is 1.22 bits per heavy atom. The summed E-state index contributed by atoms with van der Waals surface area (Å²) < 4.78 is 12.9. The number of amides is 1. The zero-order chi connectivity index (χ0) is 15.8. The van der Waals surface area contributed by atoms with Crippen molar-refractivity contribution in [3.63, 3.8) is 0 Å². The number of rotatable bonds is 2. The first-order chi connectivity index (χ1) is 11.2. The maximum Gasteiger partial charge on any atom is 0.257 e. The molecule has 0 aliphatic carbocycles. The maximum atomic E-state index is 12.6. The quantitative estimate of drug-likeness (QED) is 0.790. The molecule has 1 aliphatic rings. The van der Waals surface area contributed by atoms with E-state index in [0.717, 1.165) is 11.0 Å². The number of carbonyl (C=O) groups excluding carboxylic acids is 1. The van der Waals surface area contributed by atoms with Crippen molar-refractivity contribution in [1.29, 1.82) is 0 Å². The molecule has 1 aliphatic heterocycles. The van der Waals surface area contributed by atoms with Gasteiger partial charge < -0.3 is 19.4 Å². The maximum absolute atomic E-state index is 12.6. The van der Waals surface area contributed by atoms with Crippen LogP contribution in [0.3, 0.4) is 0 Å². The molecule has 23 heavy (non-hydrogen) atoms. The molecular weight excluding hydrogens is 294 g/mol.